The highest BCUT2D eigenvalue weighted by Gasteiger charge is 2.40. The molecular weight excluding hydrogens is 903 g/mol. The summed E-state index contributed by atoms with van der Waals surface area (Å²) in [5, 5.41) is 37.7. The predicted molar refractivity (Wildman–Crippen MR) is 246 cm³/mol. The van der Waals surface area contributed by atoms with E-state index in [2.05, 4.69) is 62.5 Å². The second kappa shape index (κ2) is 28.4. The summed E-state index contributed by atoms with van der Waals surface area (Å²) in [6, 6.07) is -3.71. The molecule has 0 aliphatic carbocycles. The van der Waals surface area contributed by atoms with Gasteiger partial charge in [0.1, 0.15) is 48.0 Å². The first kappa shape index (κ1) is 56.5. The van der Waals surface area contributed by atoms with E-state index in [1.54, 1.807) is 26.0 Å². The average molecular weight is 968 g/mol. The molecule has 1 heterocycles. The van der Waals surface area contributed by atoms with E-state index in [0.717, 1.165) is 0 Å². The summed E-state index contributed by atoms with van der Waals surface area (Å²) in [6.07, 6.45) is -1.08. The monoisotopic (exact) mass is 967 g/mol. The molecule has 368 valence electrons. The molecule has 0 saturated carbocycles. The topological polar surface area (TPSA) is 377 Å². The minimum atomic E-state index is -1.77. The van der Waals surface area contributed by atoms with Gasteiger partial charge < -0.3 is 69.5 Å². The van der Waals surface area contributed by atoms with Crippen molar-refractivity contribution in [3.05, 3.63) is 29.8 Å². The van der Waals surface area contributed by atoms with Crippen LogP contribution in [0.1, 0.15) is 71.3 Å². The number of benzene rings is 1. The van der Waals surface area contributed by atoms with Crippen LogP contribution < -0.4 is 54.4 Å². The molecule has 15 N–H and O–H groups in total. The van der Waals surface area contributed by atoms with E-state index in [1.807, 2.05) is 0 Å². The Morgan fingerprint density at radius 3 is 1.94 bits per heavy atom. The summed E-state index contributed by atoms with van der Waals surface area (Å²) < 4.78 is 0. The molecule has 9 atom stereocenters. The second-order valence-corrected chi connectivity index (χ2v) is 16.7. The third-order valence-corrected chi connectivity index (χ3v) is 11.3. The van der Waals surface area contributed by atoms with Gasteiger partial charge in [0, 0.05) is 25.1 Å². The SMILES string of the molecule is CC[C@H](C)[C@H](NC(=O)[C@H](Cc1ccc(O)cc1)NC(=O)CCS)C(=O)N[C@H](C(=O)N[C@@H](CC(N)=O)C(=O)N[C@@H](CS)C(=O)N1CCC[C@H]1C(=O)N[C@@H](CCCN)C(=O)NCC(N)=O)[C@@H](C)O. The fourth-order valence-corrected chi connectivity index (χ4v) is 7.29. The van der Waals surface area contributed by atoms with Crippen molar-refractivity contribution in [2.75, 3.05) is 31.1 Å². The molecular formula is C41H65N11O12S2. The zero-order valence-electron chi connectivity index (χ0n) is 37.2. The highest BCUT2D eigenvalue weighted by Crippen LogP contribution is 2.20. The van der Waals surface area contributed by atoms with Gasteiger partial charge in [-0.3, -0.25) is 47.9 Å². The first-order chi connectivity index (χ1) is 31.2. The van der Waals surface area contributed by atoms with E-state index in [0.29, 0.717) is 24.8 Å². The molecule has 1 aromatic carbocycles. The first-order valence-electron chi connectivity index (χ1n) is 21.5. The summed E-state index contributed by atoms with van der Waals surface area (Å²) >= 11 is 8.28. The lowest BCUT2D eigenvalue weighted by Crippen LogP contribution is -2.63. The van der Waals surface area contributed by atoms with E-state index in [9.17, 15) is 58.2 Å². The Kier molecular flexibility index (Phi) is 24.3. The molecule has 66 heavy (non-hydrogen) atoms. The van der Waals surface area contributed by atoms with Gasteiger partial charge in [-0.25, -0.2) is 0 Å². The number of amides is 10. The molecule has 0 spiro atoms. The number of primary amides is 2. The van der Waals surface area contributed by atoms with Crippen molar-refractivity contribution in [3.63, 3.8) is 0 Å². The molecule has 25 heteroatoms. The van der Waals surface area contributed by atoms with Crippen LogP contribution in [0.3, 0.4) is 0 Å². The van der Waals surface area contributed by atoms with E-state index >= 15 is 0 Å². The van der Waals surface area contributed by atoms with Crippen LogP contribution in [0, 0.1) is 5.92 Å². The third-order valence-electron chi connectivity index (χ3n) is 10.7. The molecule has 0 radical (unpaired) electrons. The summed E-state index contributed by atoms with van der Waals surface area (Å²) in [5.41, 5.74) is 16.7. The van der Waals surface area contributed by atoms with Gasteiger partial charge >= 0.3 is 0 Å². The number of nitrogens with one attached hydrogen (secondary N) is 7. The molecule has 1 aliphatic rings. The van der Waals surface area contributed by atoms with Crippen LogP contribution in [0.2, 0.25) is 0 Å². The molecule has 1 saturated heterocycles. The highest BCUT2D eigenvalue weighted by atomic mass is 32.1. The van der Waals surface area contributed by atoms with Gasteiger partial charge in [-0.2, -0.15) is 25.3 Å². The second-order valence-electron chi connectivity index (χ2n) is 15.9. The lowest BCUT2D eigenvalue weighted by atomic mass is 9.96. The van der Waals surface area contributed by atoms with Gasteiger partial charge in [-0.05, 0) is 68.5 Å². The molecule has 0 aromatic heterocycles. The molecule has 1 aromatic rings. The van der Waals surface area contributed by atoms with Gasteiger partial charge in [-0.15, -0.1) is 0 Å². The number of phenolic OH excluding ortho intramolecular Hbond substituents is 1. The van der Waals surface area contributed by atoms with Crippen LogP contribution in [-0.2, 0) is 54.4 Å². The number of carbonyl (C=O) groups excluding carboxylic acids is 10. The maximum atomic E-state index is 13.9. The lowest BCUT2D eigenvalue weighted by Gasteiger charge is -2.31. The largest absolute Gasteiger partial charge is 0.508 e. The number of thiol groups is 2. The van der Waals surface area contributed by atoms with E-state index in [4.69, 9.17) is 17.2 Å². The van der Waals surface area contributed by atoms with Gasteiger partial charge in [0.05, 0.1) is 19.1 Å². The fourth-order valence-electron chi connectivity index (χ4n) is 6.84. The van der Waals surface area contributed by atoms with Crippen molar-refractivity contribution < 1.29 is 58.2 Å². The Morgan fingerprint density at radius 2 is 1.38 bits per heavy atom. The minimum absolute atomic E-state index is 0.0114. The number of aromatic hydroxyl groups is 1. The van der Waals surface area contributed by atoms with Crippen molar-refractivity contribution in [3.8, 4) is 5.75 Å². The number of carbonyl (C=O) groups is 10. The maximum Gasteiger partial charge on any atom is 0.246 e. The van der Waals surface area contributed by atoms with Crippen molar-refractivity contribution >= 4 is 84.3 Å². The number of hydrogen-bond acceptors (Lipinski definition) is 15. The zero-order valence-corrected chi connectivity index (χ0v) is 39.0. The molecule has 1 aliphatic heterocycles. The first-order valence-corrected chi connectivity index (χ1v) is 22.8. The standard InChI is InChI=1S/C41H65N11O12S2/c1-4-21(2)33(50-37(60)26(46-32(57)13-16-65)17-23-9-11-24(54)12-10-23)39(62)51-34(22(3)53)40(63)48-27(18-30(43)55)36(59)49-28(20-66)41(64)52-15-6-8-29(52)38(61)47-25(7-5-14-42)35(58)45-19-31(44)56/h9-12,21-22,25-29,33-34,53-54,65-66H,4-8,13-20,42H2,1-3H3,(H2,43,55)(H2,44,56)(H,45,58)(H,46,57)(H,47,61)(H,48,63)(H,49,59)(H,50,60)(H,51,62)/t21-,22+,25-,26-,27-,28-,29-,33-,34-/m0/s1. The molecule has 10 amide bonds. The van der Waals surface area contributed by atoms with E-state index in [-0.39, 0.29) is 56.0 Å². The van der Waals surface area contributed by atoms with Crippen LogP contribution in [0.25, 0.3) is 0 Å². The Labute approximate surface area is 393 Å². The fraction of sp³-hybridized carbons (Fsp3) is 0.610. The van der Waals surface area contributed by atoms with E-state index in [1.165, 1.54) is 24.0 Å². The number of rotatable bonds is 28. The van der Waals surface area contributed by atoms with Gasteiger partial charge in [0.25, 0.3) is 0 Å². The summed E-state index contributed by atoms with van der Waals surface area (Å²) in [6.45, 7) is 4.36. The van der Waals surface area contributed by atoms with Crippen LogP contribution in [-0.4, -0.2) is 154 Å². The van der Waals surface area contributed by atoms with E-state index < -0.39 is 126 Å². The lowest BCUT2D eigenvalue weighted by molar-refractivity contribution is -0.142. The maximum absolute atomic E-state index is 13.9. The van der Waals surface area contributed by atoms with Crippen molar-refractivity contribution in [1.82, 2.24) is 42.1 Å². The smallest absolute Gasteiger partial charge is 0.246 e. The number of aliphatic hydroxyl groups excluding tert-OH is 1. The van der Waals surface area contributed by atoms with Crippen LogP contribution in [0.4, 0.5) is 0 Å². The van der Waals surface area contributed by atoms with Crippen molar-refractivity contribution in [2.45, 2.75) is 121 Å². The predicted octanol–water partition coefficient (Wildman–Crippen LogP) is -4.27. The van der Waals surface area contributed by atoms with Gasteiger partial charge in [-0.1, -0.05) is 32.4 Å². The molecule has 23 nitrogen and oxygen atoms in total. The number of nitrogens with zero attached hydrogens (tertiary/aromatic N) is 1. The number of likely N-dealkylation sites (tertiary alicyclic amines) is 1. The summed E-state index contributed by atoms with van der Waals surface area (Å²) in [7, 11) is 0. The van der Waals surface area contributed by atoms with Crippen LogP contribution in [0.15, 0.2) is 24.3 Å². The Balaban J connectivity index is 2.27. The summed E-state index contributed by atoms with van der Waals surface area (Å²) in [5.74, 6) is -9.07. The number of aliphatic hydroxyl groups is 1. The average Bonchev–Trinajstić information content (AvgIpc) is 3.77. The van der Waals surface area contributed by atoms with Crippen LogP contribution in [0.5, 0.6) is 5.75 Å². The van der Waals surface area contributed by atoms with Crippen molar-refractivity contribution in [1.29, 1.82) is 0 Å². The Morgan fingerprint density at radius 1 is 0.773 bits per heavy atom. The van der Waals surface area contributed by atoms with Crippen LogP contribution >= 0.6 is 25.3 Å². The Bertz CT molecular complexity index is 1880. The molecule has 0 unspecified atom stereocenters. The number of hydrogen-bond donors (Lipinski definition) is 14. The number of phenols is 1. The van der Waals surface area contributed by atoms with Gasteiger partial charge in [0.2, 0.25) is 59.1 Å². The minimum Gasteiger partial charge on any atom is -0.508 e. The summed E-state index contributed by atoms with van der Waals surface area (Å²) in [4.78, 5) is 132. The van der Waals surface area contributed by atoms with Crippen molar-refractivity contribution in [2.24, 2.45) is 23.1 Å². The quantitative estimate of drug-likeness (QED) is 0.0354. The number of nitrogens with two attached hydrogens (primary N) is 3. The normalized spacial score (nSPS) is 17.0. The molecule has 1 fully saturated rings. The molecule has 0 bridgehead atoms. The van der Waals surface area contributed by atoms with Gasteiger partial charge in [0.15, 0.2) is 0 Å². The highest BCUT2D eigenvalue weighted by molar-refractivity contribution is 7.80. The zero-order chi connectivity index (χ0) is 49.7. The Hall–Kier alpha value is -5.66. The molecule has 2 rings (SSSR count). The third kappa shape index (κ3) is 18.3.